The first kappa shape index (κ1) is 10.2. The van der Waals surface area contributed by atoms with Crippen molar-refractivity contribution in [2.75, 3.05) is 6.79 Å². The Hall–Kier alpha value is -1.96. The molecule has 0 unspecified atom stereocenters. The molecule has 0 spiro atoms. The second kappa shape index (κ2) is 4.13. The van der Waals surface area contributed by atoms with Gasteiger partial charge in [-0.1, -0.05) is 30.3 Å². The minimum absolute atomic E-state index is 0.336. The predicted molar refractivity (Wildman–Crippen MR) is 66.6 cm³/mol. The molecule has 2 aromatic carbocycles. The van der Waals surface area contributed by atoms with Gasteiger partial charge in [-0.3, -0.25) is 0 Å². The molecule has 0 radical (unpaired) electrons. The summed E-state index contributed by atoms with van der Waals surface area (Å²) in [5.74, 6) is 1.70. The van der Waals surface area contributed by atoms with Gasteiger partial charge in [0.15, 0.2) is 11.5 Å². The summed E-state index contributed by atoms with van der Waals surface area (Å²) in [7, 11) is 0. The second-order valence-electron chi connectivity index (χ2n) is 4.29. The van der Waals surface area contributed by atoms with Crippen molar-refractivity contribution < 1.29 is 9.47 Å². The van der Waals surface area contributed by atoms with Crippen LogP contribution in [0.3, 0.4) is 0 Å². The first-order valence-corrected chi connectivity index (χ1v) is 5.76. The zero-order valence-electron chi connectivity index (χ0n) is 9.77. The average Bonchev–Trinajstić information content (AvgIpc) is 2.79. The van der Waals surface area contributed by atoms with Crippen LogP contribution in [0.25, 0.3) is 0 Å². The van der Waals surface area contributed by atoms with Crippen LogP contribution in [0.2, 0.25) is 0 Å². The highest BCUT2D eigenvalue weighted by molar-refractivity contribution is 5.46. The number of aryl methyl sites for hydroxylation is 1. The van der Waals surface area contributed by atoms with Gasteiger partial charge in [0.05, 0.1) is 0 Å². The van der Waals surface area contributed by atoms with Crippen LogP contribution in [0.15, 0.2) is 42.5 Å². The molecule has 0 saturated heterocycles. The molecule has 17 heavy (non-hydrogen) atoms. The summed E-state index contributed by atoms with van der Waals surface area (Å²) in [6.45, 7) is 2.48. The second-order valence-corrected chi connectivity index (χ2v) is 4.29. The molecule has 1 heterocycles. The number of benzene rings is 2. The van der Waals surface area contributed by atoms with Gasteiger partial charge in [-0.15, -0.1) is 0 Å². The smallest absolute Gasteiger partial charge is 0.231 e. The van der Waals surface area contributed by atoms with Crippen LogP contribution >= 0.6 is 0 Å². The summed E-state index contributed by atoms with van der Waals surface area (Å²) < 4.78 is 10.7. The first-order chi connectivity index (χ1) is 8.33. The first-order valence-electron chi connectivity index (χ1n) is 5.76. The van der Waals surface area contributed by atoms with Gasteiger partial charge in [0.25, 0.3) is 0 Å². The van der Waals surface area contributed by atoms with E-state index in [4.69, 9.17) is 9.47 Å². The monoisotopic (exact) mass is 226 g/mol. The molecular formula is C15H14O2. The van der Waals surface area contributed by atoms with Gasteiger partial charge in [0, 0.05) is 0 Å². The standard InChI is InChI=1S/C15H14O2/c1-11-4-2-3-5-13(11)8-12-6-7-14-15(9-12)17-10-16-14/h2-7,9H,8,10H2,1H3. The molecule has 0 fully saturated rings. The lowest BCUT2D eigenvalue weighted by Crippen LogP contribution is -1.93. The molecule has 2 nitrogen and oxygen atoms in total. The van der Waals surface area contributed by atoms with Gasteiger partial charge < -0.3 is 9.47 Å². The Morgan fingerprint density at radius 2 is 1.82 bits per heavy atom. The Bertz CT molecular complexity index is 546. The van der Waals surface area contributed by atoms with Gasteiger partial charge in [-0.05, 0) is 42.2 Å². The predicted octanol–water partition coefficient (Wildman–Crippen LogP) is 3.31. The van der Waals surface area contributed by atoms with E-state index in [0.717, 1.165) is 17.9 Å². The van der Waals surface area contributed by atoms with Crippen LogP contribution in [-0.4, -0.2) is 6.79 Å². The molecule has 2 heteroatoms. The van der Waals surface area contributed by atoms with E-state index in [1.807, 2.05) is 6.07 Å². The van der Waals surface area contributed by atoms with Gasteiger partial charge in [-0.25, -0.2) is 0 Å². The molecule has 86 valence electrons. The number of hydrogen-bond acceptors (Lipinski definition) is 2. The zero-order valence-corrected chi connectivity index (χ0v) is 9.77. The Morgan fingerprint density at radius 1 is 1.00 bits per heavy atom. The minimum atomic E-state index is 0.336. The summed E-state index contributed by atoms with van der Waals surface area (Å²) in [4.78, 5) is 0. The molecule has 0 atom stereocenters. The zero-order chi connectivity index (χ0) is 11.7. The van der Waals surface area contributed by atoms with Crippen molar-refractivity contribution in [3.05, 3.63) is 59.2 Å². The Labute approximate surface area is 101 Å². The molecule has 0 N–H and O–H groups in total. The lowest BCUT2D eigenvalue weighted by atomic mass is 10.0. The summed E-state index contributed by atoms with van der Waals surface area (Å²) >= 11 is 0. The highest BCUT2D eigenvalue weighted by Gasteiger charge is 2.13. The molecule has 0 amide bonds. The van der Waals surface area contributed by atoms with Crippen molar-refractivity contribution >= 4 is 0 Å². The molecular weight excluding hydrogens is 212 g/mol. The molecule has 0 bridgehead atoms. The Kier molecular flexibility index (Phi) is 2.48. The normalized spacial score (nSPS) is 12.8. The minimum Gasteiger partial charge on any atom is -0.454 e. The molecule has 3 rings (SSSR count). The van der Waals surface area contributed by atoms with Crippen molar-refractivity contribution in [1.29, 1.82) is 0 Å². The van der Waals surface area contributed by atoms with Gasteiger partial charge in [-0.2, -0.15) is 0 Å². The highest BCUT2D eigenvalue weighted by Crippen LogP contribution is 2.33. The van der Waals surface area contributed by atoms with E-state index in [9.17, 15) is 0 Å². The van der Waals surface area contributed by atoms with E-state index in [1.54, 1.807) is 0 Å². The van der Waals surface area contributed by atoms with E-state index in [1.165, 1.54) is 16.7 Å². The van der Waals surface area contributed by atoms with E-state index < -0.39 is 0 Å². The largest absolute Gasteiger partial charge is 0.454 e. The van der Waals surface area contributed by atoms with Crippen molar-refractivity contribution in [3.8, 4) is 11.5 Å². The van der Waals surface area contributed by atoms with Crippen molar-refractivity contribution in [2.45, 2.75) is 13.3 Å². The quantitative estimate of drug-likeness (QED) is 0.782. The number of rotatable bonds is 2. The summed E-state index contributed by atoms with van der Waals surface area (Å²) in [5, 5.41) is 0. The third kappa shape index (κ3) is 1.98. The van der Waals surface area contributed by atoms with Crippen LogP contribution < -0.4 is 9.47 Å². The third-order valence-electron chi connectivity index (χ3n) is 3.09. The van der Waals surface area contributed by atoms with E-state index >= 15 is 0 Å². The summed E-state index contributed by atoms with van der Waals surface area (Å²) in [5.41, 5.74) is 3.93. The Morgan fingerprint density at radius 3 is 2.71 bits per heavy atom. The molecule has 2 aromatic rings. The van der Waals surface area contributed by atoms with E-state index in [-0.39, 0.29) is 0 Å². The van der Waals surface area contributed by atoms with Crippen LogP contribution in [0.1, 0.15) is 16.7 Å². The fourth-order valence-corrected chi connectivity index (χ4v) is 2.08. The van der Waals surface area contributed by atoms with Gasteiger partial charge in [0.2, 0.25) is 6.79 Å². The fraction of sp³-hybridized carbons (Fsp3) is 0.200. The average molecular weight is 226 g/mol. The molecule has 1 aliphatic rings. The van der Waals surface area contributed by atoms with Crippen molar-refractivity contribution in [3.63, 3.8) is 0 Å². The summed E-state index contributed by atoms with van der Waals surface area (Å²) in [6, 6.07) is 14.6. The number of ether oxygens (including phenoxy) is 2. The van der Waals surface area contributed by atoms with E-state index in [2.05, 4.69) is 43.3 Å². The van der Waals surface area contributed by atoms with Crippen molar-refractivity contribution in [2.24, 2.45) is 0 Å². The van der Waals surface area contributed by atoms with Crippen LogP contribution in [-0.2, 0) is 6.42 Å². The van der Waals surface area contributed by atoms with Crippen LogP contribution in [0, 0.1) is 6.92 Å². The van der Waals surface area contributed by atoms with Gasteiger partial charge in [0.1, 0.15) is 0 Å². The third-order valence-corrected chi connectivity index (χ3v) is 3.09. The van der Waals surface area contributed by atoms with Crippen molar-refractivity contribution in [1.82, 2.24) is 0 Å². The fourth-order valence-electron chi connectivity index (χ4n) is 2.08. The molecule has 0 aromatic heterocycles. The van der Waals surface area contributed by atoms with E-state index in [0.29, 0.717) is 6.79 Å². The molecule has 0 saturated carbocycles. The van der Waals surface area contributed by atoms with Crippen LogP contribution in [0.5, 0.6) is 11.5 Å². The number of hydrogen-bond donors (Lipinski definition) is 0. The SMILES string of the molecule is Cc1ccccc1Cc1ccc2c(c1)OCO2. The lowest BCUT2D eigenvalue weighted by Gasteiger charge is -2.06. The molecule has 0 aliphatic carbocycles. The lowest BCUT2D eigenvalue weighted by molar-refractivity contribution is 0.174. The number of fused-ring (bicyclic) bond motifs is 1. The molecule has 1 aliphatic heterocycles. The van der Waals surface area contributed by atoms with Crippen LogP contribution in [0.4, 0.5) is 0 Å². The topological polar surface area (TPSA) is 18.5 Å². The maximum Gasteiger partial charge on any atom is 0.231 e. The Balaban J connectivity index is 1.89. The summed E-state index contributed by atoms with van der Waals surface area (Å²) in [6.07, 6.45) is 0.934. The maximum absolute atomic E-state index is 5.38. The van der Waals surface area contributed by atoms with Gasteiger partial charge >= 0.3 is 0 Å². The highest BCUT2D eigenvalue weighted by atomic mass is 16.7. The maximum atomic E-state index is 5.38.